The molecule has 2 aromatic rings. The van der Waals surface area contributed by atoms with Gasteiger partial charge in [0.05, 0.1) is 18.0 Å². The summed E-state index contributed by atoms with van der Waals surface area (Å²) in [5.74, 6) is -2.73. The summed E-state index contributed by atoms with van der Waals surface area (Å²) in [5, 5.41) is 25.8. The number of carbonyl (C=O) groups excluding carboxylic acids is 3. The van der Waals surface area contributed by atoms with Gasteiger partial charge in [0.25, 0.3) is 0 Å². The number of hydrogen-bond acceptors (Lipinski definition) is 8. The van der Waals surface area contributed by atoms with Crippen LogP contribution >= 0.6 is 0 Å². The van der Waals surface area contributed by atoms with Crippen LogP contribution in [0.15, 0.2) is 84.5 Å². The molecular formula is C32H38N4O9. The Labute approximate surface area is 261 Å². The van der Waals surface area contributed by atoms with E-state index in [1.54, 1.807) is 81.4 Å². The summed E-state index contributed by atoms with van der Waals surface area (Å²) in [6.45, 7) is 5.77. The van der Waals surface area contributed by atoms with Gasteiger partial charge in [0, 0.05) is 18.2 Å². The molecule has 1 aliphatic rings. The van der Waals surface area contributed by atoms with Gasteiger partial charge >= 0.3 is 17.8 Å². The first-order valence-electron chi connectivity index (χ1n) is 14.3. The van der Waals surface area contributed by atoms with Gasteiger partial charge in [-0.3, -0.25) is 29.4 Å². The second-order valence-corrected chi connectivity index (χ2v) is 11.4. The highest BCUT2D eigenvalue weighted by Crippen LogP contribution is 2.31. The fraction of sp³-hybridized carbons (Fsp3) is 0.375. The van der Waals surface area contributed by atoms with E-state index in [1.807, 2.05) is 6.07 Å². The van der Waals surface area contributed by atoms with Crippen LogP contribution in [0, 0.1) is 10.1 Å². The third-order valence-electron chi connectivity index (χ3n) is 6.69. The first-order chi connectivity index (χ1) is 21.2. The quantitative estimate of drug-likeness (QED) is 0.169. The van der Waals surface area contributed by atoms with Gasteiger partial charge in [0.15, 0.2) is 0 Å². The van der Waals surface area contributed by atoms with Gasteiger partial charge in [-0.1, -0.05) is 60.7 Å². The summed E-state index contributed by atoms with van der Waals surface area (Å²) in [7, 11) is 0. The van der Waals surface area contributed by atoms with Crippen molar-refractivity contribution >= 4 is 29.6 Å². The predicted molar refractivity (Wildman–Crippen MR) is 165 cm³/mol. The molecule has 3 amide bonds. The minimum atomic E-state index is -1.84. The van der Waals surface area contributed by atoms with Crippen LogP contribution in [0.1, 0.15) is 46.1 Å². The molecule has 13 nitrogen and oxygen atoms in total. The molecule has 3 rings (SSSR count). The lowest BCUT2D eigenvalue weighted by Gasteiger charge is -2.34. The Balaban J connectivity index is 1.93. The topological polar surface area (TPSA) is 177 Å². The lowest BCUT2D eigenvalue weighted by Crippen LogP contribution is -2.55. The average molecular weight is 623 g/mol. The average Bonchev–Trinajstić information content (AvgIpc) is 2.99. The number of carboxylic acids is 1. The van der Waals surface area contributed by atoms with E-state index < -0.39 is 58.8 Å². The predicted octanol–water partition coefficient (Wildman–Crippen LogP) is 3.97. The largest absolute Gasteiger partial charge is 0.480 e. The maximum absolute atomic E-state index is 13.8. The number of carbonyl (C=O) groups is 4. The lowest BCUT2D eigenvalue weighted by atomic mass is 9.94. The summed E-state index contributed by atoms with van der Waals surface area (Å²) >= 11 is 0. The van der Waals surface area contributed by atoms with Crippen molar-refractivity contribution in [2.75, 3.05) is 11.4 Å². The van der Waals surface area contributed by atoms with Crippen LogP contribution in [0.4, 0.5) is 10.5 Å². The summed E-state index contributed by atoms with van der Waals surface area (Å²) < 4.78 is 11.4. The van der Waals surface area contributed by atoms with Gasteiger partial charge in [-0.2, -0.15) is 0 Å². The maximum atomic E-state index is 13.8. The molecule has 13 heteroatoms. The number of carboxylic acid groups (broad SMARTS) is 1. The highest BCUT2D eigenvalue weighted by molar-refractivity contribution is 5.99. The highest BCUT2D eigenvalue weighted by Gasteiger charge is 2.43. The van der Waals surface area contributed by atoms with Gasteiger partial charge in [-0.15, -0.1) is 0 Å². The molecule has 0 heterocycles. The van der Waals surface area contributed by atoms with Gasteiger partial charge in [-0.05, 0) is 51.0 Å². The van der Waals surface area contributed by atoms with Gasteiger partial charge in [0.1, 0.15) is 24.2 Å². The van der Waals surface area contributed by atoms with Crippen molar-refractivity contribution in [3.8, 4) is 0 Å². The Bertz CT molecular complexity index is 1440. The zero-order valence-corrected chi connectivity index (χ0v) is 25.6. The molecule has 0 spiro atoms. The molecular weight excluding hydrogens is 584 g/mol. The third-order valence-corrected chi connectivity index (χ3v) is 6.69. The van der Waals surface area contributed by atoms with Crippen molar-refractivity contribution in [1.82, 2.24) is 10.6 Å². The van der Waals surface area contributed by atoms with Gasteiger partial charge in [0.2, 0.25) is 11.8 Å². The van der Waals surface area contributed by atoms with E-state index in [9.17, 15) is 29.3 Å². The van der Waals surface area contributed by atoms with Crippen LogP contribution in [0.3, 0.4) is 0 Å². The van der Waals surface area contributed by atoms with Gasteiger partial charge < -0.3 is 25.2 Å². The molecule has 1 aliphatic carbocycles. The van der Waals surface area contributed by atoms with Crippen LogP contribution in [-0.2, 0) is 30.5 Å². The summed E-state index contributed by atoms with van der Waals surface area (Å²) in [6, 6.07) is 14.9. The highest BCUT2D eigenvalue weighted by atomic mass is 16.7. The Morgan fingerprint density at radius 2 is 1.67 bits per heavy atom. The monoisotopic (exact) mass is 622 g/mol. The van der Waals surface area contributed by atoms with Crippen molar-refractivity contribution in [3.63, 3.8) is 0 Å². The van der Waals surface area contributed by atoms with Crippen LogP contribution in [0.25, 0.3) is 0 Å². The van der Waals surface area contributed by atoms with Crippen LogP contribution in [0.2, 0.25) is 0 Å². The summed E-state index contributed by atoms with van der Waals surface area (Å²) in [5.41, 5.74) is -1.15. The number of hydrogen-bond donors (Lipinski definition) is 3. The number of nitro groups is 1. The van der Waals surface area contributed by atoms with Crippen molar-refractivity contribution in [2.24, 2.45) is 0 Å². The second-order valence-electron chi connectivity index (χ2n) is 11.4. The SMILES string of the molecule is C[C@@H](NC(=O)[C@H](CC1=CCC(OCc2ccccc2)([N+](=O)[O-])C=C1)N(C(=O)OC(C)(C)C)c1ccccc1)C(=O)NCC(=O)O. The zero-order valence-electron chi connectivity index (χ0n) is 25.6. The number of aliphatic carboxylic acids is 1. The van der Waals surface area contributed by atoms with Crippen LogP contribution in [0.5, 0.6) is 0 Å². The maximum Gasteiger partial charge on any atom is 0.415 e. The standard InChI is InChI=1S/C32H38N4O9/c1-22(28(39)33-20-27(37)38)34-29(40)26(35(25-13-9-6-10-14-25)30(41)45-31(2,3)4)19-23-15-17-32(18-16-23,36(42)43)44-21-24-11-7-5-8-12-24/h5-17,22,26H,18-21H2,1-4H3,(H,33,39)(H,34,40)(H,37,38)/t22-,26+,32?/m1/s1. The van der Waals surface area contributed by atoms with E-state index in [4.69, 9.17) is 14.6 Å². The molecule has 0 aliphatic heterocycles. The molecule has 0 radical (unpaired) electrons. The van der Waals surface area contributed by atoms with E-state index in [0.717, 1.165) is 5.56 Å². The number of nitrogens with zero attached hydrogens (tertiary/aromatic N) is 2. The summed E-state index contributed by atoms with van der Waals surface area (Å²) in [4.78, 5) is 63.5. The number of benzene rings is 2. The smallest absolute Gasteiger partial charge is 0.415 e. The number of ether oxygens (including phenoxy) is 2. The lowest BCUT2D eigenvalue weighted by molar-refractivity contribution is -0.614. The second kappa shape index (κ2) is 15.1. The number of amides is 3. The van der Waals surface area contributed by atoms with E-state index >= 15 is 0 Å². The summed E-state index contributed by atoms with van der Waals surface area (Å²) in [6.07, 6.45) is 3.31. The molecule has 2 aromatic carbocycles. The molecule has 0 fully saturated rings. The number of rotatable bonds is 13. The molecule has 3 N–H and O–H groups in total. The first kappa shape index (κ1) is 34.5. The van der Waals surface area contributed by atoms with E-state index in [-0.39, 0.29) is 19.4 Å². The van der Waals surface area contributed by atoms with Crippen molar-refractivity contribution in [1.29, 1.82) is 0 Å². The zero-order chi connectivity index (χ0) is 33.2. The molecule has 0 bridgehead atoms. The molecule has 1 unspecified atom stereocenters. The fourth-order valence-corrected chi connectivity index (χ4v) is 4.41. The Morgan fingerprint density at radius 1 is 1.04 bits per heavy atom. The van der Waals surface area contributed by atoms with Crippen LogP contribution in [-0.4, -0.2) is 63.9 Å². The number of para-hydroxylation sites is 1. The molecule has 0 aromatic heterocycles. The molecule has 0 saturated heterocycles. The normalized spacial score (nSPS) is 17.3. The molecule has 240 valence electrons. The Morgan fingerprint density at radius 3 is 2.20 bits per heavy atom. The number of anilines is 1. The fourth-order valence-electron chi connectivity index (χ4n) is 4.41. The Hall–Kier alpha value is -5.04. The van der Waals surface area contributed by atoms with E-state index in [1.165, 1.54) is 24.0 Å². The number of allylic oxidation sites excluding steroid dienone is 1. The molecule has 0 saturated carbocycles. The van der Waals surface area contributed by atoms with Crippen molar-refractivity contribution in [2.45, 2.75) is 70.6 Å². The van der Waals surface area contributed by atoms with Crippen molar-refractivity contribution < 1.29 is 38.7 Å². The molecule has 3 atom stereocenters. The van der Waals surface area contributed by atoms with E-state index in [2.05, 4.69) is 10.6 Å². The minimum absolute atomic E-state index is 0.00260. The Kier molecular flexibility index (Phi) is 11.6. The van der Waals surface area contributed by atoms with Crippen LogP contribution < -0.4 is 15.5 Å². The minimum Gasteiger partial charge on any atom is -0.480 e. The number of nitrogens with one attached hydrogen (secondary N) is 2. The van der Waals surface area contributed by atoms with Gasteiger partial charge in [-0.25, -0.2) is 4.79 Å². The first-order valence-corrected chi connectivity index (χ1v) is 14.3. The van der Waals surface area contributed by atoms with E-state index in [0.29, 0.717) is 11.3 Å². The third kappa shape index (κ3) is 10.00. The van der Waals surface area contributed by atoms with Crippen molar-refractivity contribution in [3.05, 3.63) is 100 Å². The molecule has 45 heavy (non-hydrogen) atoms.